The normalized spacial score (nSPS) is 9.75. The highest BCUT2D eigenvalue weighted by Gasteiger charge is 2.19. The van der Waals surface area contributed by atoms with E-state index in [2.05, 4.69) is 9.47 Å². The van der Waals surface area contributed by atoms with Gasteiger partial charge < -0.3 is 24.1 Å². The van der Waals surface area contributed by atoms with Gasteiger partial charge in [0, 0.05) is 0 Å². The van der Waals surface area contributed by atoms with Crippen LogP contribution in [0.4, 0.5) is 4.79 Å². The number of methoxy groups -OCH3 is 2. The molecule has 0 aromatic heterocycles. The lowest BCUT2D eigenvalue weighted by molar-refractivity contribution is 0.0385. The van der Waals surface area contributed by atoms with Crippen LogP contribution in [0.3, 0.4) is 0 Å². The lowest BCUT2D eigenvalue weighted by atomic mass is 10.2. The molecule has 0 fully saturated rings. The lowest BCUT2D eigenvalue weighted by Gasteiger charge is -2.10. The third kappa shape index (κ3) is 3.78. The Hall–Kier alpha value is -2.44. The van der Waals surface area contributed by atoms with Gasteiger partial charge in [0.05, 0.1) is 26.4 Å². The standard InChI is InChI=1S/C13H16O7/c1-4-5-19-13(16)20-12(15)8-6-9(17-2)11(14)10(7-8)18-3/h6-7,14H,4-5H2,1-3H3. The molecule has 1 aromatic carbocycles. The van der Waals surface area contributed by atoms with E-state index in [4.69, 9.17) is 9.47 Å². The van der Waals surface area contributed by atoms with Gasteiger partial charge in [-0.15, -0.1) is 0 Å². The van der Waals surface area contributed by atoms with E-state index < -0.39 is 12.1 Å². The van der Waals surface area contributed by atoms with Crippen LogP contribution in [0, 0.1) is 0 Å². The number of aromatic hydroxyl groups is 1. The fraction of sp³-hybridized carbons (Fsp3) is 0.385. The average molecular weight is 284 g/mol. The molecule has 110 valence electrons. The van der Waals surface area contributed by atoms with E-state index in [9.17, 15) is 14.7 Å². The van der Waals surface area contributed by atoms with E-state index in [-0.39, 0.29) is 29.4 Å². The predicted octanol–water partition coefficient (Wildman–Crippen LogP) is 2.11. The summed E-state index contributed by atoms with van der Waals surface area (Å²) in [4.78, 5) is 22.9. The van der Waals surface area contributed by atoms with Gasteiger partial charge in [-0.25, -0.2) is 9.59 Å². The zero-order chi connectivity index (χ0) is 15.1. The monoisotopic (exact) mass is 284 g/mol. The van der Waals surface area contributed by atoms with Gasteiger partial charge in [-0.05, 0) is 18.6 Å². The Morgan fingerprint density at radius 3 is 2.15 bits per heavy atom. The van der Waals surface area contributed by atoms with Crippen molar-refractivity contribution in [3.05, 3.63) is 17.7 Å². The Labute approximate surface area is 116 Å². The Morgan fingerprint density at radius 2 is 1.70 bits per heavy atom. The number of esters is 1. The highest BCUT2D eigenvalue weighted by molar-refractivity contribution is 5.96. The van der Waals surface area contributed by atoms with Crippen molar-refractivity contribution in [3.63, 3.8) is 0 Å². The van der Waals surface area contributed by atoms with Crippen molar-refractivity contribution in [2.24, 2.45) is 0 Å². The van der Waals surface area contributed by atoms with E-state index in [0.717, 1.165) is 0 Å². The number of hydrogen-bond acceptors (Lipinski definition) is 7. The molecule has 7 heteroatoms. The molecular weight excluding hydrogens is 268 g/mol. The first-order valence-corrected chi connectivity index (χ1v) is 5.87. The predicted molar refractivity (Wildman–Crippen MR) is 68.3 cm³/mol. The second kappa shape index (κ2) is 7.22. The van der Waals surface area contributed by atoms with Crippen LogP contribution in [-0.4, -0.2) is 38.1 Å². The number of phenols is 1. The quantitative estimate of drug-likeness (QED) is 0.654. The molecule has 1 rings (SSSR count). The van der Waals surface area contributed by atoms with Gasteiger partial charge in [0.25, 0.3) is 0 Å². The van der Waals surface area contributed by atoms with Crippen LogP contribution >= 0.6 is 0 Å². The molecule has 0 bridgehead atoms. The summed E-state index contributed by atoms with van der Waals surface area (Å²) in [6.07, 6.45) is -0.465. The minimum atomic E-state index is -1.08. The van der Waals surface area contributed by atoms with Crippen LogP contribution in [0.25, 0.3) is 0 Å². The van der Waals surface area contributed by atoms with Gasteiger partial charge >= 0.3 is 12.1 Å². The zero-order valence-corrected chi connectivity index (χ0v) is 11.5. The number of ether oxygens (including phenoxy) is 4. The van der Waals surface area contributed by atoms with Gasteiger partial charge in [-0.2, -0.15) is 0 Å². The smallest absolute Gasteiger partial charge is 0.502 e. The Bertz CT molecular complexity index is 470. The summed E-state index contributed by atoms with van der Waals surface area (Å²) in [6.45, 7) is 1.97. The fourth-order valence-electron chi connectivity index (χ4n) is 1.36. The summed E-state index contributed by atoms with van der Waals surface area (Å²) >= 11 is 0. The molecule has 0 heterocycles. The number of carbonyl (C=O) groups is 2. The number of hydrogen-bond donors (Lipinski definition) is 1. The van der Waals surface area contributed by atoms with E-state index in [1.165, 1.54) is 26.4 Å². The average Bonchev–Trinajstić information content (AvgIpc) is 2.45. The van der Waals surface area contributed by atoms with Crippen molar-refractivity contribution in [2.45, 2.75) is 13.3 Å². The zero-order valence-electron chi connectivity index (χ0n) is 11.5. The molecule has 0 aliphatic heterocycles. The third-order valence-corrected chi connectivity index (χ3v) is 2.32. The van der Waals surface area contributed by atoms with Crippen molar-refractivity contribution in [1.82, 2.24) is 0 Å². The first-order chi connectivity index (χ1) is 9.53. The van der Waals surface area contributed by atoms with E-state index in [0.29, 0.717) is 6.42 Å². The molecule has 0 unspecified atom stereocenters. The van der Waals surface area contributed by atoms with Gasteiger partial charge in [-0.3, -0.25) is 0 Å². The molecule has 7 nitrogen and oxygen atoms in total. The van der Waals surface area contributed by atoms with E-state index in [1.54, 1.807) is 0 Å². The maximum Gasteiger partial charge on any atom is 0.516 e. The molecule has 0 aliphatic carbocycles. The SMILES string of the molecule is CCCOC(=O)OC(=O)c1cc(OC)c(O)c(OC)c1. The van der Waals surface area contributed by atoms with Crippen LogP contribution in [0.1, 0.15) is 23.7 Å². The number of phenolic OH excluding ortho intramolecular Hbond substituents is 1. The summed E-state index contributed by atoms with van der Waals surface area (Å²) in [5.41, 5.74) is -0.00931. The molecule has 0 atom stereocenters. The van der Waals surface area contributed by atoms with Gasteiger partial charge in [0.2, 0.25) is 5.75 Å². The maximum absolute atomic E-state index is 11.8. The summed E-state index contributed by atoms with van der Waals surface area (Å²) in [5, 5.41) is 9.70. The topological polar surface area (TPSA) is 91.3 Å². The molecule has 0 radical (unpaired) electrons. The van der Waals surface area contributed by atoms with Gasteiger partial charge in [0.15, 0.2) is 11.5 Å². The number of carbonyl (C=O) groups excluding carboxylic acids is 2. The Balaban J connectivity index is 2.90. The van der Waals surface area contributed by atoms with Gasteiger partial charge in [0.1, 0.15) is 0 Å². The number of rotatable bonds is 5. The first-order valence-electron chi connectivity index (χ1n) is 5.87. The van der Waals surface area contributed by atoms with Crippen LogP contribution in [0.2, 0.25) is 0 Å². The van der Waals surface area contributed by atoms with E-state index in [1.807, 2.05) is 6.92 Å². The summed E-state index contributed by atoms with van der Waals surface area (Å²) < 4.78 is 18.9. The van der Waals surface area contributed by atoms with E-state index >= 15 is 0 Å². The van der Waals surface area contributed by atoms with Crippen molar-refractivity contribution >= 4 is 12.1 Å². The molecule has 20 heavy (non-hydrogen) atoms. The molecule has 0 saturated heterocycles. The van der Waals surface area contributed by atoms with Crippen molar-refractivity contribution in [3.8, 4) is 17.2 Å². The van der Waals surface area contributed by atoms with Crippen molar-refractivity contribution in [1.29, 1.82) is 0 Å². The molecule has 1 aromatic rings. The molecule has 1 N–H and O–H groups in total. The Morgan fingerprint density at radius 1 is 1.15 bits per heavy atom. The van der Waals surface area contributed by atoms with Crippen LogP contribution in [-0.2, 0) is 9.47 Å². The fourth-order valence-corrected chi connectivity index (χ4v) is 1.36. The molecular formula is C13H16O7. The molecule has 0 saturated carbocycles. The van der Waals surface area contributed by atoms with Gasteiger partial charge in [-0.1, -0.05) is 6.92 Å². The number of benzene rings is 1. The Kier molecular flexibility index (Phi) is 5.64. The van der Waals surface area contributed by atoms with Crippen molar-refractivity contribution in [2.75, 3.05) is 20.8 Å². The first kappa shape index (κ1) is 15.6. The van der Waals surface area contributed by atoms with Crippen LogP contribution < -0.4 is 9.47 Å². The van der Waals surface area contributed by atoms with Crippen LogP contribution in [0.15, 0.2) is 12.1 Å². The summed E-state index contributed by atoms with van der Waals surface area (Å²) in [6, 6.07) is 2.46. The summed E-state index contributed by atoms with van der Waals surface area (Å²) in [7, 11) is 2.64. The van der Waals surface area contributed by atoms with Crippen LogP contribution in [0.5, 0.6) is 17.2 Å². The highest BCUT2D eigenvalue weighted by atomic mass is 16.7. The largest absolute Gasteiger partial charge is 0.516 e. The lowest BCUT2D eigenvalue weighted by Crippen LogP contribution is -2.14. The second-order valence-corrected chi connectivity index (χ2v) is 3.72. The molecule has 0 spiro atoms. The second-order valence-electron chi connectivity index (χ2n) is 3.72. The minimum Gasteiger partial charge on any atom is -0.502 e. The highest BCUT2D eigenvalue weighted by Crippen LogP contribution is 2.37. The maximum atomic E-state index is 11.8. The molecule has 0 aliphatic rings. The minimum absolute atomic E-state index is 0.00931. The summed E-state index contributed by atoms with van der Waals surface area (Å²) in [5.74, 6) is -1.13. The molecule has 0 amide bonds. The third-order valence-electron chi connectivity index (χ3n) is 2.32. The van der Waals surface area contributed by atoms with Crippen molar-refractivity contribution < 1.29 is 33.6 Å².